The molecule has 1 aromatic rings. The number of hydrogen-bond acceptors (Lipinski definition) is 3. The predicted octanol–water partition coefficient (Wildman–Crippen LogP) is 1.42. The van der Waals surface area contributed by atoms with Crippen LogP contribution in [0.4, 0.5) is 0 Å². The molecular formula is C11H18N2O2. The average molecular weight is 210 g/mol. The van der Waals surface area contributed by atoms with Crippen LogP contribution in [0.3, 0.4) is 0 Å². The summed E-state index contributed by atoms with van der Waals surface area (Å²) in [5.41, 5.74) is 6.47. The number of carbonyl (C=O) groups excluding carboxylic acids is 1. The fourth-order valence-electron chi connectivity index (χ4n) is 1.50. The Kier molecular flexibility index (Phi) is 3.52. The van der Waals surface area contributed by atoms with E-state index in [1.807, 2.05) is 26.8 Å². The maximum atomic E-state index is 11.4. The molecule has 0 bridgehead atoms. The topological polar surface area (TPSA) is 68.3 Å². The molecule has 0 fully saturated rings. The maximum absolute atomic E-state index is 11.4. The molecule has 0 saturated carbocycles. The van der Waals surface area contributed by atoms with Crippen molar-refractivity contribution in [3.05, 3.63) is 23.2 Å². The molecule has 1 heterocycles. The Morgan fingerprint density at radius 2 is 2.07 bits per heavy atom. The van der Waals surface area contributed by atoms with Crippen LogP contribution in [-0.2, 0) is 4.79 Å². The third-order valence-corrected chi connectivity index (χ3v) is 2.32. The van der Waals surface area contributed by atoms with Crippen LogP contribution in [-0.4, -0.2) is 11.9 Å². The van der Waals surface area contributed by atoms with Gasteiger partial charge in [0.2, 0.25) is 5.91 Å². The highest BCUT2D eigenvalue weighted by molar-refractivity contribution is 5.81. The van der Waals surface area contributed by atoms with Crippen molar-refractivity contribution in [1.29, 1.82) is 0 Å². The second-order valence-corrected chi connectivity index (χ2v) is 3.89. The zero-order valence-corrected chi connectivity index (χ0v) is 9.63. The van der Waals surface area contributed by atoms with Crippen molar-refractivity contribution >= 4 is 5.91 Å². The Balaban J connectivity index is 2.73. The van der Waals surface area contributed by atoms with Gasteiger partial charge in [-0.3, -0.25) is 4.79 Å². The van der Waals surface area contributed by atoms with E-state index in [0.717, 1.165) is 17.1 Å². The molecule has 1 aromatic heterocycles. The summed E-state index contributed by atoms with van der Waals surface area (Å²) in [6, 6.07) is 1.38. The maximum Gasteiger partial charge on any atom is 0.237 e. The van der Waals surface area contributed by atoms with Crippen LogP contribution in [0.25, 0.3) is 0 Å². The normalized spacial score (nSPS) is 14.7. The van der Waals surface area contributed by atoms with E-state index in [9.17, 15) is 4.79 Å². The van der Waals surface area contributed by atoms with Gasteiger partial charge in [0, 0.05) is 5.56 Å². The van der Waals surface area contributed by atoms with Crippen LogP contribution in [0.5, 0.6) is 0 Å². The van der Waals surface area contributed by atoms with Crippen molar-refractivity contribution in [2.24, 2.45) is 5.73 Å². The second-order valence-electron chi connectivity index (χ2n) is 3.89. The summed E-state index contributed by atoms with van der Waals surface area (Å²) in [5.74, 6) is 1.54. The van der Waals surface area contributed by atoms with E-state index in [1.54, 1.807) is 6.92 Å². The van der Waals surface area contributed by atoms with Crippen LogP contribution >= 0.6 is 0 Å². The average Bonchev–Trinajstić information content (AvgIpc) is 2.44. The Morgan fingerprint density at radius 3 is 2.47 bits per heavy atom. The molecule has 0 spiro atoms. The molecule has 0 aliphatic rings. The van der Waals surface area contributed by atoms with Crippen LogP contribution < -0.4 is 11.1 Å². The lowest BCUT2D eigenvalue weighted by molar-refractivity contribution is -0.122. The standard InChI is InChI=1S/C11H18N2O2/c1-6-5-10(9(4)15-6)8(3)13-11(14)7(2)12/h5,7-8H,12H2,1-4H3,(H,13,14)/t7-,8?/m1/s1. The summed E-state index contributed by atoms with van der Waals surface area (Å²) >= 11 is 0. The van der Waals surface area contributed by atoms with Gasteiger partial charge in [-0.25, -0.2) is 0 Å². The molecule has 0 aliphatic carbocycles. The van der Waals surface area contributed by atoms with E-state index in [2.05, 4.69) is 5.32 Å². The highest BCUT2D eigenvalue weighted by Crippen LogP contribution is 2.20. The SMILES string of the molecule is Cc1cc(C(C)NC(=O)[C@@H](C)N)c(C)o1. The number of nitrogens with two attached hydrogens (primary N) is 1. The van der Waals surface area contributed by atoms with Crippen LogP contribution in [0.15, 0.2) is 10.5 Å². The van der Waals surface area contributed by atoms with Crippen molar-refractivity contribution in [3.63, 3.8) is 0 Å². The second kappa shape index (κ2) is 4.49. The van der Waals surface area contributed by atoms with Crippen molar-refractivity contribution in [2.45, 2.75) is 39.8 Å². The Hall–Kier alpha value is -1.29. The van der Waals surface area contributed by atoms with E-state index >= 15 is 0 Å². The Morgan fingerprint density at radius 1 is 1.47 bits per heavy atom. The summed E-state index contributed by atoms with van der Waals surface area (Å²) in [4.78, 5) is 11.4. The molecule has 3 N–H and O–H groups in total. The van der Waals surface area contributed by atoms with Crippen molar-refractivity contribution in [2.75, 3.05) is 0 Å². The monoisotopic (exact) mass is 210 g/mol. The minimum Gasteiger partial charge on any atom is -0.466 e. The summed E-state index contributed by atoms with van der Waals surface area (Å²) in [5, 5.41) is 2.83. The minimum atomic E-state index is -0.485. The van der Waals surface area contributed by atoms with Gasteiger partial charge in [-0.15, -0.1) is 0 Å². The van der Waals surface area contributed by atoms with Gasteiger partial charge >= 0.3 is 0 Å². The van der Waals surface area contributed by atoms with Crippen LogP contribution in [0, 0.1) is 13.8 Å². The molecule has 4 nitrogen and oxygen atoms in total. The van der Waals surface area contributed by atoms with Crippen LogP contribution in [0.2, 0.25) is 0 Å². The Bertz CT molecular complexity index is 355. The van der Waals surface area contributed by atoms with E-state index in [1.165, 1.54) is 0 Å². The van der Waals surface area contributed by atoms with Gasteiger partial charge in [0.1, 0.15) is 11.5 Å². The molecular weight excluding hydrogens is 192 g/mol. The van der Waals surface area contributed by atoms with Gasteiger partial charge < -0.3 is 15.5 Å². The molecule has 1 rings (SSSR count). The molecule has 1 unspecified atom stereocenters. The third kappa shape index (κ3) is 2.83. The van der Waals surface area contributed by atoms with E-state index < -0.39 is 6.04 Å². The van der Waals surface area contributed by atoms with E-state index in [0.29, 0.717) is 0 Å². The summed E-state index contributed by atoms with van der Waals surface area (Å²) in [6.07, 6.45) is 0. The molecule has 0 radical (unpaired) electrons. The predicted molar refractivity (Wildman–Crippen MR) is 58.4 cm³/mol. The first-order valence-electron chi connectivity index (χ1n) is 5.04. The zero-order chi connectivity index (χ0) is 11.6. The molecule has 15 heavy (non-hydrogen) atoms. The Labute approximate surface area is 89.8 Å². The minimum absolute atomic E-state index is 0.0686. The first kappa shape index (κ1) is 11.8. The highest BCUT2D eigenvalue weighted by Gasteiger charge is 2.16. The molecule has 84 valence electrons. The number of hydrogen-bond donors (Lipinski definition) is 2. The number of amides is 1. The highest BCUT2D eigenvalue weighted by atomic mass is 16.3. The zero-order valence-electron chi connectivity index (χ0n) is 9.63. The number of carbonyl (C=O) groups is 1. The number of aryl methyl sites for hydroxylation is 2. The fraction of sp³-hybridized carbons (Fsp3) is 0.545. The first-order valence-corrected chi connectivity index (χ1v) is 5.04. The van der Waals surface area contributed by atoms with Gasteiger partial charge in [-0.05, 0) is 33.8 Å². The van der Waals surface area contributed by atoms with Crippen molar-refractivity contribution < 1.29 is 9.21 Å². The molecule has 0 saturated heterocycles. The fourth-order valence-corrected chi connectivity index (χ4v) is 1.50. The molecule has 0 aliphatic heterocycles. The molecule has 1 amide bonds. The van der Waals surface area contributed by atoms with E-state index in [4.69, 9.17) is 10.2 Å². The van der Waals surface area contributed by atoms with Gasteiger partial charge in [-0.2, -0.15) is 0 Å². The van der Waals surface area contributed by atoms with Gasteiger partial charge in [0.05, 0.1) is 12.1 Å². The summed E-state index contributed by atoms with van der Waals surface area (Å²) < 4.78 is 5.40. The summed E-state index contributed by atoms with van der Waals surface area (Å²) in [7, 11) is 0. The number of furan rings is 1. The lowest BCUT2D eigenvalue weighted by atomic mass is 10.1. The lowest BCUT2D eigenvalue weighted by Crippen LogP contribution is -2.39. The van der Waals surface area contributed by atoms with Crippen molar-refractivity contribution in [3.8, 4) is 0 Å². The van der Waals surface area contributed by atoms with E-state index in [-0.39, 0.29) is 11.9 Å². The molecule has 2 atom stereocenters. The van der Waals surface area contributed by atoms with Crippen LogP contribution in [0.1, 0.15) is 37.0 Å². The largest absolute Gasteiger partial charge is 0.466 e. The first-order chi connectivity index (χ1) is 6.91. The molecule has 4 heteroatoms. The quantitative estimate of drug-likeness (QED) is 0.792. The van der Waals surface area contributed by atoms with Gasteiger partial charge in [-0.1, -0.05) is 0 Å². The summed E-state index contributed by atoms with van der Waals surface area (Å²) in [6.45, 7) is 7.35. The lowest BCUT2D eigenvalue weighted by Gasteiger charge is -2.14. The van der Waals surface area contributed by atoms with Gasteiger partial charge in [0.25, 0.3) is 0 Å². The number of rotatable bonds is 3. The third-order valence-electron chi connectivity index (χ3n) is 2.32. The molecule has 0 aromatic carbocycles. The number of nitrogens with one attached hydrogen (secondary N) is 1. The smallest absolute Gasteiger partial charge is 0.237 e. The van der Waals surface area contributed by atoms with Gasteiger partial charge in [0.15, 0.2) is 0 Å². The van der Waals surface area contributed by atoms with Crippen molar-refractivity contribution in [1.82, 2.24) is 5.32 Å².